The zero-order valence-corrected chi connectivity index (χ0v) is 16.6. The van der Waals surface area contributed by atoms with Crippen molar-refractivity contribution < 1.29 is 9.47 Å². The number of hydrogen-bond acceptors (Lipinski definition) is 3. The van der Waals surface area contributed by atoms with Gasteiger partial charge in [-0.25, -0.2) is 0 Å². The van der Waals surface area contributed by atoms with Gasteiger partial charge in [0.1, 0.15) is 11.5 Å². The Morgan fingerprint density at radius 3 is 1.52 bits per heavy atom. The van der Waals surface area contributed by atoms with Gasteiger partial charge in [-0.2, -0.15) is 0 Å². The summed E-state index contributed by atoms with van der Waals surface area (Å²) in [6, 6.07) is 35.2. The van der Waals surface area contributed by atoms with Gasteiger partial charge in [-0.15, -0.1) is 0 Å². The first-order chi connectivity index (χ1) is 14.3. The van der Waals surface area contributed by atoms with E-state index in [-0.39, 0.29) is 0 Å². The van der Waals surface area contributed by atoms with E-state index >= 15 is 0 Å². The molecule has 4 rings (SSSR count). The van der Waals surface area contributed by atoms with E-state index in [1.165, 1.54) is 11.1 Å². The molecule has 0 aromatic heterocycles. The quantitative estimate of drug-likeness (QED) is 0.365. The SMILES string of the molecule is COc1ccc(N(c2ccc(OC)cc2)c2cccc(-c3ccccc3)c2)cc1. The second-order valence-electron chi connectivity index (χ2n) is 6.65. The van der Waals surface area contributed by atoms with Crippen molar-refractivity contribution in [3.63, 3.8) is 0 Å². The average Bonchev–Trinajstić information content (AvgIpc) is 2.81. The van der Waals surface area contributed by atoms with Crippen molar-refractivity contribution >= 4 is 17.1 Å². The van der Waals surface area contributed by atoms with E-state index in [0.29, 0.717) is 0 Å². The molecule has 0 aliphatic carbocycles. The number of benzene rings is 4. The van der Waals surface area contributed by atoms with Gasteiger partial charge < -0.3 is 14.4 Å². The van der Waals surface area contributed by atoms with Crippen molar-refractivity contribution in [3.8, 4) is 22.6 Å². The van der Waals surface area contributed by atoms with Crippen molar-refractivity contribution in [1.82, 2.24) is 0 Å². The van der Waals surface area contributed by atoms with E-state index in [9.17, 15) is 0 Å². The third-order valence-corrected chi connectivity index (χ3v) is 4.87. The number of methoxy groups -OCH3 is 2. The molecule has 0 N–H and O–H groups in total. The van der Waals surface area contributed by atoms with Crippen molar-refractivity contribution in [2.45, 2.75) is 0 Å². The van der Waals surface area contributed by atoms with Gasteiger partial charge in [-0.3, -0.25) is 0 Å². The molecule has 0 heterocycles. The monoisotopic (exact) mass is 381 g/mol. The summed E-state index contributed by atoms with van der Waals surface area (Å²) < 4.78 is 10.7. The minimum atomic E-state index is 0.835. The summed E-state index contributed by atoms with van der Waals surface area (Å²) in [5.41, 5.74) is 5.57. The van der Waals surface area contributed by atoms with Crippen molar-refractivity contribution in [2.75, 3.05) is 19.1 Å². The molecule has 0 bridgehead atoms. The molecule has 0 radical (unpaired) electrons. The van der Waals surface area contributed by atoms with Gasteiger partial charge >= 0.3 is 0 Å². The first-order valence-electron chi connectivity index (χ1n) is 9.52. The van der Waals surface area contributed by atoms with Crippen LogP contribution in [-0.4, -0.2) is 14.2 Å². The van der Waals surface area contributed by atoms with Gasteiger partial charge in [0.15, 0.2) is 0 Å². The predicted molar refractivity (Wildman–Crippen MR) is 120 cm³/mol. The third kappa shape index (κ3) is 4.09. The lowest BCUT2D eigenvalue weighted by Crippen LogP contribution is -2.10. The largest absolute Gasteiger partial charge is 0.497 e. The Morgan fingerprint density at radius 2 is 1.00 bits per heavy atom. The highest BCUT2D eigenvalue weighted by Crippen LogP contribution is 2.37. The zero-order chi connectivity index (χ0) is 20.1. The molecule has 0 saturated heterocycles. The second kappa shape index (κ2) is 8.53. The Balaban J connectivity index is 1.81. The van der Waals surface area contributed by atoms with E-state index in [1.807, 2.05) is 30.3 Å². The van der Waals surface area contributed by atoms with Crippen LogP contribution in [0.2, 0.25) is 0 Å². The first-order valence-corrected chi connectivity index (χ1v) is 9.52. The van der Waals surface area contributed by atoms with Crippen LogP contribution in [0.1, 0.15) is 0 Å². The molecule has 29 heavy (non-hydrogen) atoms. The molecule has 0 aliphatic heterocycles. The van der Waals surface area contributed by atoms with Gasteiger partial charge in [-0.1, -0.05) is 42.5 Å². The van der Waals surface area contributed by atoms with Gasteiger partial charge in [0.2, 0.25) is 0 Å². The van der Waals surface area contributed by atoms with Crippen LogP contribution in [0, 0.1) is 0 Å². The highest BCUT2D eigenvalue weighted by Gasteiger charge is 2.13. The smallest absolute Gasteiger partial charge is 0.119 e. The molecule has 0 atom stereocenters. The Morgan fingerprint density at radius 1 is 0.483 bits per heavy atom. The minimum absolute atomic E-state index is 0.835. The number of hydrogen-bond donors (Lipinski definition) is 0. The maximum atomic E-state index is 5.33. The van der Waals surface area contributed by atoms with Crippen LogP contribution in [0.5, 0.6) is 11.5 Å². The molecule has 3 heteroatoms. The molecular weight excluding hydrogens is 358 g/mol. The lowest BCUT2D eigenvalue weighted by atomic mass is 10.0. The maximum absolute atomic E-state index is 5.33. The molecule has 0 amide bonds. The molecule has 0 aliphatic rings. The fourth-order valence-corrected chi connectivity index (χ4v) is 3.36. The lowest BCUT2D eigenvalue weighted by Gasteiger charge is -2.26. The normalized spacial score (nSPS) is 10.4. The fourth-order valence-electron chi connectivity index (χ4n) is 3.36. The van der Waals surface area contributed by atoms with Gasteiger partial charge in [0.05, 0.1) is 14.2 Å². The lowest BCUT2D eigenvalue weighted by molar-refractivity contribution is 0.415. The van der Waals surface area contributed by atoms with E-state index < -0.39 is 0 Å². The van der Waals surface area contributed by atoms with Crippen LogP contribution in [0.15, 0.2) is 103 Å². The van der Waals surface area contributed by atoms with Crippen molar-refractivity contribution in [1.29, 1.82) is 0 Å². The molecule has 0 spiro atoms. The summed E-state index contributed by atoms with van der Waals surface area (Å²) in [5, 5.41) is 0. The summed E-state index contributed by atoms with van der Waals surface area (Å²) in [5.74, 6) is 1.67. The van der Waals surface area contributed by atoms with Crippen molar-refractivity contribution in [3.05, 3.63) is 103 Å². The number of anilines is 3. The summed E-state index contributed by atoms with van der Waals surface area (Å²) in [4.78, 5) is 2.23. The molecule has 3 nitrogen and oxygen atoms in total. The fraction of sp³-hybridized carbons (Fsp3) is 0.0769. The van der Waals surface area contributed by atoms with Crippen LogP contribution in [0.3, 0.4) is 0 Å². The van der Waals surface area contributed by atoms with Crippen LogP contribution >= 0.6 is 0 Å². The molecule has 4 aromatic rings. The number of nitrogens with zero attached hydrogens (tertiary/aromatic N) is 1. The summed E-state index contributed by atoms with van der Waals surface area (Å²) in [6.07, 6.45) is 0. The Bertz CT molecular complexity index is 1010. The van der Waals surface area contributed by atoms with Crippen LogP contribution < -0.4 is 14.4 Å². The third-order valence-electron chi connectivity index (χ3n) is 4.87. The van der Waals surface area contributed by atoms with Gasteiger partial charge in [0, 0.05) is 17.1 Å². The molecular formula is C26H23NO2. The summed E-state index contributed by atoms with van der Waals surface area (Å²) >= 11 is 0. The molecule has 144 valence electrons. The zero-order valence-electron chi connectivity index (χ0n) is 16.6. The molecule has 0 saturated carbocycles. The topological polar surface area (TPSA) is 21.7 Å². The van der Waals surface area contributed by atoms with E-state index in [2.05, 4.69) is 77.7 Å². The maximum Gasteiger partial charge on any atom is 0.119 e. The van der Waals surface area contributed by atoms with Crippen molar-refractivity contribution in [2.24, 2.45) is 0 Å². The molecule has 0 unspecified atom stereocenters. The second-order valence-corrected chi connectivity index (χ2v) is 6.65. The highest BCUT2D eigenvalue weighted by molar-refractivity contribution is 5.80. The van der Waals surface area contributed by atoms with Gasteiger partial charge in [0.25, 0.3) is 0 Å². The van der Waals surface area contributed by atoms with Gasteiger partial charge in [-0.05, 0) is 71.8 Å². The van der Waals surface area contributed by atoms with Crippen LogP contribution in [0.4, 0.5) is 17.1 Å². The van der Waals surface area contributed by atoms with Crippen LogP contribution in [-0.2, 0) is 0 Å². The average molecular weight is 381 g/mol. The standard InChI is InChI=1S/C26H23NO2/c1-28-25-15-11-22(12-16-25)27(23-13-17-26(29-2)18-14-23)24-10-6-9-21(19-24)20-7-4-3-5-8-20/h3-19H,1-2H3. The Labute approximate surface area is 171 Å². The van der Waals surface area contributed by atoms with E-state index in [0.717, 1.165) is 28.6 Å². The van der Waals surface area contributed by atoms with E-state index in [1.54, 1.807) is 14.2 Å². The number of ether oxygens (including phenoxy) is 2. The molecule has 0 fully saturated rings. The number of rotatable bonds is 6. The Hall–Kier alpha value is -3.72. The van der Waals surface area contributed by atoms with Crippen LogP contribution in [0.25, 0.3) is 11.1 Å². The highest BCUT2D eigenvalue weighted by atomic mass is 16.5. The molecule has 4 aromatic carbocycles. The predicted octanol–water partition coefficient (Wildman–Crippen LogP) is 6.84. The van der Waals surface area contributed by atoms with E-state index in [4.69, 9.17) is 9.47 Å². The summed E-state index contributed by atoms with van der Waals surface area (Å²) in [7, 11) is 3.36. The first kappa shape index (κ1) is 18.6. The Kier molecular flexibility index (Phi) is 5.48. The minimum Gasteiger partial charge on any atom is -0.497 e. The summed E-state index contributed by atoms with van der Waals surface area (Å²) in [6.45, 7) is 0.